The zero-order valence-electron chi connectivity index (χ0n) is 26.5. The lowest BCUT2D eigenvalue weighted by Crippen LogP contribution is -2.33. The molecule has 0 saturated carbocycles. The Bertz CT molecular complexity index is 480. The number of hydrogen-bond donors (Lipinski definition) is 2. The molecule has 0 aliphatic heterocycles. The number of rotatable bonds is 27. The maximum absolute atomic E-state index is 11.1. The molecule has 0 radical (unpaired) electrons. The topological polar surface area (TPSA) is 41.1 Å². The summed E-state index contributed by atoms with van der Waals surface area (Å²) >= 11 is 0. The van der Waals surface area contributed by atoms with Crippen LogP contribution in [0.25, 0.3) is 0 Å². The maximum Gasteiger partial charge on any atom is 0.314 e. The minimum absolute atomic E-state index is 0.0631. The molecule has 37 heavy (non-hydrogen) atoms. The van der Waals surface area contributed by atoms with Crippen LogP contribution in [0.3, 0.4) is 0 Å². The molecule has 0 aromatic carbocycles. The van der Waals surface area contributed by atoms with Crippen molar-refractivity contribution in [2.45, 2.75) is 176 Å². The van der Waals surface area contributed by atoms with Crippen molar-refractivity contribution in [3.05, 3.63) is 0 Å². The van der Waals surface area contributed by atoms with E-state index in [1.165, 1.54) is 135 Å². The molecular weight excluding hydrogens is 452 g/mol. The lowest BCUT2D eigenvalue weighted by atomic mass is 9.85. The second-order valence-corrected chi connectivity index (χ2v) is 12.9. The van der Waals surface area contributed by atoms with E-state index < -0.39 is 0 Å². The summed E-state index contributed by atoms with van der Waals surface area (Å²) in [5.74, 6) is 3.58. The molecule has 3 nitrogen and oxygen atoms in total. The van der Waals surface area contributed by atoms with Crippen molar-refractivity contribution in [1.82, 2.24) is 10.6 Å². The van der Waals surface area contributed by atoms with Gasteiger partial charge in [-0.05, 0) is 42.9 Å². The molecule has 2 N–H and O–H groups in total. The van der Waals surface area contributed by atoms with Crippen molar-refractivity contribution in [1.29, 1.82) is 0 Å². The second-order valence-electron chi connectivity index (χ2n) is 12.9. The van der Waals surface area contributed by atoms with Crippen molar-refractivity contribution >= 4 is 6.03 Å². The zero-order valence-corrected chi connectivity index (χ0v) is 26.5. The first-order chi connectivity index (χ1) is 17.9. The molecule has 0 rings (SSSR count). The fourth-order valence-corrected chi connectivity index (χ4v) is 6.08. The molecule has 0 aliphatic rings. The highest BCUT2D eigenvalue weighted by Crippen LogP contribution is 2.26. The van der Waals surface area contributed by atoms with Crippen molar-refractivity contribution < 1.29 is 4.79 Å². The first kappa shape index (κ1) is 36.3. The fraction of sp³-hybridized carbons (Fsp3) is 0.971. The van der Waals surface area contributed by atoms with E-state index >= 15 is 0 Å². The first-order valence-electron chi connectivity index (χ1n) is 16.8. The molecule has 0 spiro atoms. The van der Waals surface area contributed by atoms with Gasteiger partial charge in [-0.15, -0.1) is 0 Å². The van der Waals surface area contributed by atoms with E-state index in [0.29, 0.717) is 0 Å². The minimum atomic E-state index is -0.0631. The Morgan fingerprint density at radius 1 is 0.514 bits per heavy atom. The summed E-state index contributed by atoms with van der Waals surface area (Å²) in [6.45, 7) is 13.0. The molecule has 4 atom stereocenters. The van der Waals surface area contributed by atoms with Crippen LogP contribution in [-0.2, 0) is 0 Å². The van der Waals surface area contributed by atoms with Crippen molar-refractivity contribution in [2.24, 2.45) is 23.7 Å². The van der Waals surface area contributed by atoms with Gasteiger partial charge in [0.15, 0.2) is 0 Å². The lowest BCUT2D eigenvalue weighted by molar-refractivity contribution is 0.242. The number of carbonyl (C=O) groups excluding carboxylic acids is 1. The van der Waals surface area contributed by atoms with E-state index in [-0.39, 0.29) is 6.03 Å². The summed E-state index contributed by atoms with van der Waals surface area (Å²) in [5.41, 5.74) is 0. The smallest absolute Gasteiger partial charge is 0.314 e. The van der Waals surface area contributed by atoms with Gasteiger partial charge < -0.3 is 10.6 Å². The predicted molar refractivity (Wildman–Crippen MR) is 166 cm³/mol. The van der Waals surface area contributed by atoms with E-state index in [1.807, 2.05) is 0 Å². The van der Waals surface area contributed by atoms with Crippen LogP contribution in [0, 0.1) is 23.7 Å². The molecular formula is C34H70N2O. The molecule has 0 fully saturated rings. The molecule has 0 heterocycles. The van der Waals surface area contributed by atoms with Crippen molar-refractivity contribution in [3.63, 3.8) is 0 Å². The number of unbranched alkanes of at least 4 members (excludes halogenated alkanes) is 13. The van der Waals surface area contributed by atoms with Crippen molar-refractivity contribution in [3.8, 4) is 0 Å². The molecule has 3 heteroatoms. The summed E-state index contributed by atoms with van der Waals surface area (Å²) in [5, 5.41) is 5.46. The van der Waals surface area contributed by atoms with Crippen LogP contribution in [0.2, 0.25) is 0 Å². The van der Waals surface area contributed by atoms with Gasteiger partial charge in [0.1, 0.15) is 0 Å². The van der Waals surface area contributed by atoms with Crippen LogP contribution in [0.15, 0.2) is 0 Å². The van der Waals surface area contributed by atoms with Gasteiger partial charge in [-0.1, -0.05) is 157 Å². The second kappa shape index (κ2) is 26.9. The van der Waals surface area contributed by atoms with E-state index in [9.17, 15) is 4.79 Å². The maximum atomic E-state index is 11.1. The third-order valence-electron chi connectivity index (χ3n) is 8.44. The van der Waals surface area contributed by atoms with Gasteiger partial charge in [0.25, 0.3) is 0 Å². The average molecular weight is 523 g/mol. The fourth-order valence-electron chi connectivity index (χ4n) is 6.08. The van der Waals surface area contributed by atoms with E-state index in [4.69, 9.17) is 0 Å². The SMILES string of the molecule is CCCCCCCCCC(C)CCCCCC(C)CC(C)CC(C)CCCCCCCCNC(=O)NC. The highest BCUT2D eigenvalue weighted by molar-refractivity contribution is 5.73. The standard InChI is InChI=1S/C34H70N2O/c1-7-8-9-10-11-14-18-23-30(2)24-20-17-21-26-32(4)29-33(5)28-31(3)25-19-15-12-13-16-22-27-36-34(37)35-6/h30-33H,7-29H2,1-6H3,(H2,35,36,37). The molecule has 0 bridgehead atoms. The molecule has 0 saturated heterocycles. The molecule has 4 unspecified atom stereocenters. The number of nitrogens with one attached hydrogen (secondary N) is 2. The summed E-state index contributed by atoms with van der Waals surface area (Å²) in [6, 6.07) is -0.0631. The summed E-state index contributed by atoms with van der Waals surface area (Å²) in [6.07, 6.45) is 30.7. The normalized spacial score (nSPS) is 14.8. The number of carbonyl (C=O) groups is 1. The van der Waals surface area contributed by atoms with E-state index in [1.54, 1.807) is 7.05 Å². The Morgan fingerprint density at radius 2 is 0.892 bits per heavy atom. The molecule has 0 aliphatic carbocycles. The molecule has 2 amide bonds. The molecule has 222 valence electrons. The minimum Gasteiger partial charge on any atom is -0.341 e. The van der Waals surface area contributed by atoms with Gasteiger partial charge in [0.2, 0.25) is 0 Å². The quantitative estimate of drug-likeness (QED) is 0.103. The summed E-state index contributed by atoms with van der Waals surface area (Å²) < 4.78 is 0. The number of hydrogen-bond acceptors (Lipinski definition) is 1. The Balaban J connectivity index is 3.55. The molecule has 0 aromatic rings. The van der Waals surface area contributed by atoms with Gasteiger partial charge in [-0.25, -0.2) is 4.79 Å². The predicted octanol–water partition coefficient (Wildman–Crippen LogP) is 11.1. The highest BCUT2D eigenvalue weighted by Gasteiger charge is 2.13. The van der Waals surface area contributed by atoms with Crippen LogP contribution in [0.5, 0.6) is 0 Å². The van der Waals surface area contributed by atoms with Gasteiger partial charge in [-0.2, -0.15) is 0 Å². The third-order valence-corrected chi connectivity index (χ3v) is 8.44. The Labute approximate surface area is 234 Å². The first-order valence-corrected chi connectivity index (χ1v) is 16.8. The Kier molecular flexibility index (Phi) is 26.3. The van der Waals surface area contributed by atoms with Crippen LogP contribution >= 0.6 is 0 Å². The highest BCUT2D eigenvalue weighted by atomic mass is 16.2. The van der Waals surface area contributed by atoms with E-state index in [2.05, 4.69) is 45.3 Å². The van der Waals surface area contributed by atoms with Gasteiger partial charge >= 0.3 is 6.03 Å². The van der Waals surface area contributed by atoms with Crippen LogP contribution in [0.4, 0.5) is 4.79 Å². The zero-order chi connectivity index (χ0) is 27.6. The average Bonchev–Trinajstić information content (AvgIpc) is 2.86. The Morgan fingerprint density at radius 3 is 1.35 bits per heavy atom. The van der Waals surface area contributed by atoms with Gasteiger partial charge in [-0.3, -0.25) is 0 Å². The van der Waals surface area contributed by atoms with Crippen LogP contribution in [0.1, 0.15) is 176 Å². The van der Waals surface area contributed by atoms with Gasteiger partial charge in [0.05, 0.1) is 0 Å². The summed E-state index contributed by atoms with van der Waals surface area (Å²) in [7, 11) is 1.67. The monoisotopic (exact) mass is 523 g/mol. The largest absolute Gasteiger partial charge is 0.341 e. The lowest BCUT2D eigenvalue weighted by Gasteiger charge is -2.21. The summed E-state index contributed by atoms with van der Waals surface area (Å²) in [4.78, 5) is 11.1. The molecule has 0 aromatic heterocycles. The van der Waals surface area contributed by atoms with Gasteiger partial charge in [0, 0.05) is 13.6 Å². The van der Waals surface area contributed by atoms with Crippen molar-refractivity contribution in [2.75, 3.05) is 13.6 Å². The third kappa shape index (κ3) is 26.7. The van der Waals surface area contributed by atoms with E-state index in [0.717, 1.165) is 36.6 Å². The number of urea groups is 1. The Hall–Kier alpha value is -0.730. The van der Waals surface area contributed by atoms with Crippen LogP contribution < -0.4 is 10.6 Å². The number of amides is 2. The van der Waals surface area contributed by atoms with Crippen LogP contribution in [-0.4, -0.2) is 19.6 Å².